The van der Waals surface area contributed by atoms with Gasteiger partial charge in [0.25, 0.3) is 0 Å². The molecule has 1 atom stereocenters. The van der Waals surface area contributed by atoms with Crippen LogP contribution in [-0.4, -0.2) is 36.1 Å². The molecular formula is C125H148Cl5CuN5Ru2-3. The molecule has 0 amide bonds. The minimum atomic E-state index is -1.88. The second-order valence-corrected chi connectivity index (χ2v) is 51.6. The van der Waals surface area contributed by atoms with E-state index in [-0.39, 0.29) is 16.5 Å². The summed E-state index contributed by atoms with van der Waals surface area (Å²) in [6.45, 7) is 49.0. The molecule has 2 saturated carbocycles. The monoisotopic (exact) mass is 2160 g/mol. The Balaban J connectivity index is 0.000000148. The van der Waals surface area contributed by atoms with Crippen LogP contribution in [0.25, 0.3) is 11.6 Å². The van der Waals surface area contributed by atoms with Gasteiger partial charge in [0.05, 0.1) is 0 Å². The molecule has 2 spiro atoms. The van der Waals surface area contributed by atoms with Gasteiger partial charge >= 0.3 is 314 Å². The number of para-hydroxylation sites is 3. The molecule has 0 N–H and O–H groups in total. The molecule has 18 rings (SSSR count). The summed E-state index contributed by atoms with van der Waals surface area (Å²) in [5.41, 5.74) is 31.7. The average Bonchev–Trinajstić information content (AvgIpc) is 1.59. The Morgan fingerprint density at radius 1 is 0.362 bits per heavy atom. The van der Waals surface area contributed by atoms with E-state index in [0.29, 0.717) is 16.2 Å². The van der Waals surface area contributed by atoms with Crippen molar-refractivity contribution in [3.63, 3.8) is 0 Å². The first-order valence-corrected chi connectivity index (χ1v) is 62.3. The molecule has 3 aliphatic heterocycles. The number of allylic oxidation sites excluding steroid dienone is 1. The van der Waals surface area contributed by atoms with Gasteiger partial charge in [0.2, 0.25) is 0 Å². The number of hydrogen-bond acceptors (Lipinski definition) is 5. The number of fused-ring (bicyclic) bond motifs is 1. The molecule has 5 fully saturated rings. The Labute approximate surface area is 870 Å². The third-order valence-corrected chi connectivity index (χ3v) is 33.9. The summed E-state index contributed by atoms with van der Waals surface area (Å²) in [5, 5.41) is 0. The summed E-state index contributed by atoms with van der Waals surface area (Å²) in [5.74, 6) is 0. The normalized spacial score (nSPS) is 17.3. The van der Waals surface area contributed by atoms with Crippen LogP contribution in [0.4, 0.5) is 17.1 Å². The molecule has 138 heavy (non-hydrogen) atoms. The first-order chi connectivity index (χ1) is 66.8. The van der Waals surface area contributed by atoms with Crippen LogP contribution >= 0.6 is 48.9 Å². The predicted octanol–water partition coefficient (Wildman–Crippen LogP) is 34.4. The number of anilines is 3. The van der Waals surface area contributed by atoms with E-state index in [1.54, 1.807) is 0 Å². The van der Waals surface area contributed by atoms with Crippen LogP contribution in [0.15, 0.2) is 322 Å². The fourth-order valence-corrected chi connectivity index (χ4v) is 26.5. The zero-order chi connectivity index (χ0) is 98.3. The van der Waals surface area contributed by atoms with Gasteiger partial charge in [-0.25, -0.2) is 19.6 Å². The first kappa shape index (κ1) is 109. The van der Waals surface area contributed by atoms with Gasteiger partial charge in [-0.3, -0.25) is 4.90 Å². The SMILES string of the molecule is C=Cc1ccccc1CN(Cc1ccccc1)Cc1ccccc1.CCc1cccc(CC)c1N1[CH-]C(C)(c2ccccc2)CC1(C)C.CCc1cccc(CC)c1N1[CH-]C2(CCCCC2)C(C)(C)C1.CCc1cccc(CC)c1N1[CH-]C2(CCCCC2)CC1(C)C.[Cl][Cu].[Cl][Ru]([Cl])=[CH]c1ccccc1CN(Cc1ccccc1)Cc1ccccc1.[Cl][Ru]([Cl])=[C]1C=C(c2ccccc2)c2ccccc21. The molecule has 13 heteroatoms. The van der Waals surface area contributed by atoms with E-state index in [0.717, 1.165) is 93.9 Å². The summed E-state index contributed by atoms with van der Waals surface area (Å²) in [6, 6.07) is 110. The predicted molar refractivity (Wildman–Crippen MR) is 590 cm³/mol. The topological polar surface area (TPSA) is 16.2 Å². The summed E-state index contributed by atoms with van der Waals surface area (Å²) < 4.78 is 3.16. The summed E-state index contributed by atoms with van der Waals surface area (Å²) in [4.78, 5) is 12.8. The van der Waals surface area contributed by atoms with Crippen LogP contribution in [0.2, 0.25) is 0 Å². The van der Waals surface area contributed by atoms with Crippen LogP contribution in [0.5, 0.6) is 0 Å². The maximum absolute atomic E-state index is 6.19. The third kappa shape index (κ3) is 28.9. The molecule has 3 saturated heterocycles. The third-order valence-electron chi connectivity index (χ3n) is 29.0. The van der Waals surface area contributed by atoms with Gasteiger partial charge in [0, 0.05) is 47.8 Å². The van der Waals surface area contributed by atoms with E-state index in [4.69, 9.17) is 38.8 Å². The van der Waals surface area contributed by atoms with Crippen molar-refractivity contribution in [1.82, 2.24) is 9.80 Å². The van der Waals surface area contributed by atoms with E-state index in [1.165, 1.54) is 194 Å². The summed E-state index contributed by atoms with van der Waals surface area (Å²) >= 11 is -0.0687. The quantitative estimate of drug-likeness (QED) is 0.0417. The van der Waals surface area contributed by atoms with Gasteiger partial charge in [-0.15, -0.1) is 16.2 Å². The molecule has 3 heterocycles. The fourth-order valence-electron chi connectivity index (χ4n) is 22.2. The van der Waals surface area contributed by atoms with Crippen LogP contribution in [0.1, 0.15) is 267 Å². The van der Waals surface area contributed by atoms with Gasteiger partial charge in [-0.2, -0.15) is 0 Å². The van der Waals surface area contributed by atoms with Gasteiger partial charge in [0.1, 0.15) is 0 Å². The van der Waals surface area contributed by atoms with Crippen molar-refractivity contribution < 1.29 is 42.1 Å². The maximum atomic E-state index is 6.19. The summed E-state index contributed by atoms with van der Waals surface area (Å²) in [7, 11) is 28.8. The van der Waals surface area contributed by atoms with Crippen LogP contribution in [0.3, 0.4) is 0 Å². The number of nitrogens with zero attached hydrogens (tertiary/aromatic N) is 5. The minimum absolute atomic E-state index is 0.0800. The van der Waals surface area contributed by atoms with Crippen molar-refractivity contribution in [2.24, 2.45) is 16.2 Å². The molecule has 0 bridgehead atoms. The van der Waals surface area contributed by atoms with Crippen LogP contribution < -0.4 is 14.7 Å². The zero-order valence-corrected chi connectivity index (χ0v) is 92.1. The fraction of sp³-hybridized carbons (Fsp3) is 0.352. The Kier molecular flexibility index (Phi) is 42.0. The van der Waals surface area contributed by atoms with Crippen molar-refractivity contribution in [3.05, 3.63) is 442 Å². The second kappa shape index (κ2) is 53.1. The number of aryl methyl sites for hydroxylation is 6. The number of hydrogen-bond donors (Lipinski definition) is 0. The number of benzene rings is 12. The van der Waals surface area contributed by atoms with E-state index < -0.39 is 27.0 Å². The first-order valence-electron chi connectivity index (χ1n) is 50.2. The Morgan fingerprint density at radius 3 is 1.12 bits per heavy atom. The Hall–Kier alpha value is -7.60. The Bertz CT molecular complexity index is 5740. The zero-order valence-electron chi connectivity index (χ0n) is 83.9. The van der Waals surface area contributed by atoms with Gasteiger partial charge in [0.15, 0.2) is 0 Å². The molecule has 5 nitrogen and oxygen atoms in total. The van der Waals surface area contributed by atoms with Crippen molar-refractivity contribution in [3.8, 4) is 0 Å². The Morgan fingerprint density at radius 2 is 0.710 bits per heavy atom. The summed E-state index contributed by atoms with van der Waals surface area (Å²) in [6.07, 6.45) is 27.2. The molecule has 0 radical (unpaired) electrons. The van der Waals surface area contributed by atoms with Crippen LogP contribution in [-0.2, 0) is 125 Å². The van der Waals surface area contributed by atoms with Crippen LogP contribution in [0, 0.1) is 35.9 Å². The van der Waals surface area contributed by atoms with Gasteiger partial charge < -0.3 is 14.7 Å². The average molecular weight is 2160 g/mol. The van der Waals surface area contributed by atoms with Crippen molar-refractivity contribution >= 4 is 86.3 Å². The molecule has 3 aliphatic carbocycles. The van der Waals surface area contributed by atoms with Gasteiger partial charge in [-0.05, 0) is 140 Å². The van der Waals surface area contributed by atoms with Crippen molar-refractivity contribution in [1.29, 1.82) is 0 Å². The van der Waals surface area contributed by atoms with E-state index >= 15 is 0 Å². The molecule has 12 aromatic rings. The molecule has 6 aliphatic rings. The number of halogens is 5. The standard InChI is InChI=1S/C23H30N.C23H23N.C22H21N.2C21H32N.C15H10.5ClH.Cu.2Ru/c1-6-18-12-11-13-19(7-2)21(18)24-17-23(5,16-22(24,3)4)20-14-9-8-10-15-20;1-2-22-15-9-10-16-23(22)19-24(17-20-11-5-3-6-12-20)18-21-13-7-4-8-14-21;1-19-10-8-9-15-22(19)18-23(16-20-11-4-2-5-12-20)17-21-13-6-3-7-14-21;1-5-17-11-10-12-18(6-2)19(17)22-15-20(3,4)21(16-22)13-8-7-9-14-21;1-5-17-11-10-12-18(6-2)19(17)22-16-21(15-20(22,3)4)13-8-7-9-14-21;1-2-6-12(7-3-1)15-11-10-13-8-4-5-9-14(13)15;;;;;;;;/h8-15,17H,6-7,16H2,1-5H3;2-16H,1,17-19H2;1-15H,16-18H2;2*10-12,16H,5-9,13-15H2,1-4H3;1-9,11H;5*1H;;;/q-1;;;2*-1;;;;;;;+1;2*+2/p-5. The number of rotatable bonds is 25. The van der Waals surface area contributed by atoms with E-state index in [1.807, 2.05) is 41.0 Å². The van der Waals surface area contributed by atoms with E-state index in [2.05, 4.69) is 451 Å². The molecule has 1 unspecified atom stereocenters. The molecule has 738 valence electrons. The van der Waals surface area contributed by atoms with E-state index in [9.17, 15) is 0 Å². The molecular weight excluding hydrogens is 2010 g/mol. The van der Waals surface area contributed by atoms with Crippen molar-refractivity contribution in [2.75, 3.05) is 21.2 Å². The second-order valence-electron chi connectivity index (χ2n) is 40.1. The van der Waals surface area contributed by atoms with Gasteiger partial charge in [-0.1, -0.05) is 321 Å². The van der Waals surface area contributed by atoms with Crippen molar-refractivity contribution in [2.45, 2.75) is 261 Å². The molecule has 12 aromatic carbocycles. The molecule has 0 aromatic heterocycles.